The summed E-state index contributed by atoms with van der Waals surface area (Å²) in [5.41, 5.74) is 0.541. The molecule has 2 aromatic carbocycles. The number of carbonyl (C=O) groups is 1. The van der Waals surface area contributed by atoms with Crippen LogP contribution >= 0.6 is 11.6 Å². The van der Waals surface area contributed by atoms with Crippen molar-refractivity contribution in [1.29, 1.82) is 0 Å². The van der Waals surface area contributed by atoms with Crippen LogP contribution in [0.5, 0.6) is 11.5 Å². The Morgan fingerprint density at radius 3 is 2.59 bits per heavy atom. The molecule has 0 unspecified atom stereocenters. The molecule has 3 aromatic rings. The first-order valence-electron chi connectivity index (χ1n) is 12.9. The maximum Gasteiger partial charge on any atom is 0.245 e. The number of hydrogen-bond acceptors (Lipinski definition) is 7. The molecule has 4 atom stereocenters. The van der Waals surface area contributed by atoms with Gasteiger partial charge in [0, 0.05) is 31.0 Å². The van der Waals surface area contributed by atoms with Crippen molar-refractivity contribution in [3.63, 3.8) is 0 Å². The zero-order valence-corrected chi connectivity index (χ0v) is 21.8. The van der Waals surface area contributed by atoms with Crippen molar-refractivity contribution < 1.29 is 27.8 Å². The van der Waals surface area contributed by atoms with Gasteiger partial charge >= 0.3 is 0 Å². The molecule has 0 spiro atoms. The van der Waals surface area contributed by atoms with E-state index in [4.69, 9.17) is 25.8 Å². The molecule has 0 bridgehead atoms. The first-order valence-corrected chi connectivity index (χ1v) is 13.3. The minimum atomic E-state index is -0.914. The van der Waals surface area contributed by atoms with E-state index in [1.807, 2.05) is 4.90 Å². The van der Waals surface area contributed by atoms with Crippen molar-refractivity contribution in [3.8, 4) is 11.5 Å². The molecular weight excluding hydrogens is 530 g/mol. The Morgan fingerprint density at radius 1 is 1.13 bits per heavy atom. The number of nitrogens with one attached hydrogen (secondary N) is 1. The highest BCUT2D eigenvalue weighted by atomic mass is 35.5. The standard InChI is InChI=1S/C28H27ClF2N4O4/c1-2-25(36)35-11-15-7-18(8-16(15)12-35)39-23-9-19-22(10-24(23)38-17-5-6-37-13-17)32-14-33-28(19)34-21-4-3-20(30)26(29)27(21)31/h2-4,9-10,14-18H,1,5-8,11-13H2,(H,32,33,34)/t15-,16+,17-,18+/m1/s1. The van der Waals surface area contributed by atoms with Gasteiger partial charge in [0.25, 0.3) is 0 Å². The quantitative estimate of drug-likeness (QED) is 0.313. The van der Waals surface area contributed by atoms with Gasteiger partial charge in [0.2, 0.25) is 5.91 Å². The molecule has 1 aliphatic carbocycles. The lowest BCUT2D eigenvalue weighted by Crippen LogP contribution is -2.29. The van der Waals surface area contributed by atoms with Gasteiger partial charge in [-0.15, -0.1) is 0 Å². The third-order valence-corrected chi connectivity index (χ3v) is 8.00. The smallest absolute Gasteiger partial charge is 0.245 e. The van der Waals surface area contributed by atoms with Crippen molar-refractivity contribution in [1.82, 2.24) is 14.9 Å². The summed E-state index contributed by atoms with van der Waals surface area (Å²) in [5.74, 6) is 0.292. The third kappa shape index (κ3) is 5.10. The minimum Gasteiger partial charge on any atom is -0.486 e. The van der Waals surface area contributed by atoms with Gasteiger partial charge in [-0.2, -0.15) is 0 Å². The van der Waals surface area contributed by atoms with Gasteiger partial charge in [-0.1, -0.05) is 18.2 Å². The maximum absolute atomic E-state index is 14.6. The summed E-state index contributed by atoms with van der Waals surface area (Å²) in [5, 5.41) is 2.88. The highest BCUT2D eigenvalue weighted by molar-refractivity contribution is 6.31. The van der Waals surface area contributed by atoms with Crippen LogP contribution in [0.25, 0.3) is 10.9 Å². The molecule has 39 heavy (non-hydrogen) atoms. The van der Waals surface area contributed by atoms with E-state index in [1.165, 1.54) is 18.5 Å². The van der Waals surface area contributed by atoms with Crippen LogP contribution in [0.4, 0.5) is 20.3 Å². The van der Waals surface area contributed by atoms with E-state index >= 15 is 0 Å². The summed E-state index contributed by atoms with van der Waals surface area (Å²) in [6.45, 7) is 6.10. The highest BCUT2D eigenvalue weighted by Crippen LogP contribution is 2.43. The molecule has 3 fully saturated rings. The van der Waals surface area contributed by atoms with Crippen molar-refractivity contribution in [2.24, 2.45) is 11.8 Å². The second-order valence-corrected chi connectivity index (χ2v) is 10.5. The van der Waals surface area contributed by atoms with Crippen molar-refractivity contribution in [2.45, 2.75) is 31.5 Å². The number of anilines is 2. The summed E-state index contributed by atoms with van der Waals surface area (Å²) in [6.07, 6.45) is 4.93. The lowest BCUT2D eigenvalue weighted by molar-refractivity contribution is -0.125. The van der Waals surface area contributed by atoms with Gasteiger partial charge in [0.1, 0.15) is 29.1 Å². The summed E-state index contributed by atoms with van der Waals surface area (Å²) < 4.78 is 46.6. The lowest BCUT2D eigenvalue weighted by atomic mass is 10.0. The fourth-order valence-corrected chi connectivity index (χ4v) is 5.88. The Labute approximate surface area is 228 Å². The summed E-state index contributed by atoms with van der Waals surface area (Å²) in [4.78, 5) is 22.6. The average molecular weight is 557 g/mol. The van der Waals surface area contributed by atoms with E-state index in [-0.39, 0.29) is 23.8 Å². The highest BCUT2D eigenvalue weighted by Gasteiger charge is 2.43. The monoisotopic (exact) mass is 556 g/mol. The molecule has 1 saturated carbocycles. The number of ether oxygens (including phenoxy) is 3. The van der Waals surface area contributed by atoms with E-state index < -0.39 is 16.7 Å². The molecule has 8 nitrogen and oxygen atoms in total. The van der Waals surface area contributed by atoms with E-state index in [0.717, 1.165) is 25.3 Å². The van der Waals surface area contributed by atoms with Crippen LogP contribution in [0.1, 0.15) is 19.3 Å². The largest absolute Gasteiger partial charge is 0.486 e. The van der Waals surface area contributed by atoms with Crippen LogP contribution in [-0.2, 0) is 9.53 Å². The SMILES string of the molecule is C=CC(=O)N1C[C@H]2C[C@H](Oc3cc4c(Nc5ccc(F)c(Cl)c5F)ncnc4cc3O[C@@H]3CCOC3)C[C@H]2C1. The zero-order valence-electron chi connectivity index (χ0n) is 21.0. The lowest BCUT2D eigenvalue weighted by Gasteiger charge is -2.22. The van der Waals surface area contributed by atoms with Crippen LogP contribution in [0, 0.1) is 23.5 Å². The molecule has 2 saturated heterocycles. The Balaban J connectivity index is 1.30. The van der Waals surface area contributed by atoms with Crippen molar-refractivity contribution in [2.75, 3.05) is 31.6 Å². The molecule has 0 radical (unpaired) electrons. The maximum atomic E-state index is 14.6. The number of halogens is 3. The number of rotatable bonds is 7. The molecule has 3 aliphatic rings. The van der Waals surface area contributed by atoms with Crippen LogP contribution < -0.4 is 14.8 Å². The van der Waals surface area contributed by atoms with Gasteiger partial charge < -0.3 is 24.4 Å². The van der Waals surface area contributed by atoms with Crippen LogP contribution in [0.15, 0.2) is 43.2 Å². The van der Waals surface area contributed by atoms with E-state index in [1.54, 1.807) is 12.1 Å². The normalized spacial score (nSPS) is 24.1. The van der Waals surface area contributed by atoms with Gasteiger partial charge in [-0.3, -0.25) is 4.79 Å². The number of hydrogen-bond donors (Lipinski definition) is 1. The van der Waals surface area contributed by atoms with Gasteiger partial charge in [0.05, 0.1) is 30.5 Å². The number of carbonyl (C=O) groups excluding carboxylic acids is 1. The Morgan fingerprint density at radius 2 is 1.87 bits per heavy atom. The Bertz CT molecular complexity index is 1420. The minimum absolute atomic E-state index is 0.0189. The number of amides is 1. The summed E-state index contributed by atoms with van der Waals surface area (Å²) in [7, 11) is 0. The van der Waals surface area contributed by atoms with Crippen LogP contribution in [-0.4, -0.2) is 59.3 Å². The third-order valence-electron chi connectivity index (χ3n) is 7.66. The van der Waals surface area contributed by atoms with Crippen LogP contribution in [0.3, 0.4) is 0 Å². The molecule has 204 valence electrons. The summed E-state index contributed by atoms with van der Waals surface area (Å²) >= 11 is 5.77. The van der Waals surface area contributed by atoms with Gasteiger partial charge in [0.15, 0.2) is 17.3 Å². The fraction of sp³-hybridized carbons (Fsp3) is 0.393. The second kappa shape index (κ2) is 10.6. The fourth-order valence-electron chi connectivity index (χ4n) is 5.71. The van der Waals surface area contributed by atoms with E-state index in [0.29, 0.717) is 66.4 Å². The predicted octanol–water partition coefficient (Wildman–Crippen LogP) is 5.27. The Hall–Kier alpha value is -3.50. The predicted molar refractivity (Wildman–Crippen MR) is 141 cm³/mol. The number of aromatic nitrogens is 2. The number of nitrogens with zero attached hydrogens (tertiary/aromatic N) is 3. The summed E-state index contributed by atoms with van der Waals surface area (Å²) in [6, 6.07) is 5.91. The van der Waals surface area contributed by atoms with Gasteiger partial charge in [-0.25, -0.2) is 18.7 Å². The van der Waals surface area contributed by atoms with E-state index in [9.17, 15) is 13.6 Å². The van der Waals surface area contributed by atoms with Crippen molar-refractivity contribution in [3.05, 3.63) is 59.9 Å². The first-order chi connectivity index (χ1) is 18.9. The number of benzene rings is 2. The zero-order chi connectivity index (χ0) is 27.1. The van der Waals surface area contributed by atoms with E-state index in [2.05, 4.69) is 21.9 Å². The molecule has 1 aromatic heterocycles. The molecular formula is C28H27ClF2N4O4. The van der Waals surface area contributed by atoms with Crippen molar-refractivity contribution >= 4 is 39.9 Å². The molecule has 1 N–H and O–H groups in total. The Kier molecular flexibility index (Phi) is 6.99. The molecule has 6 rings (SSSR count). The average Bonchev–Trinajstić information content (AvgIpc) is 3.66. The number of likely N-dealkylation sites (tertiary alicyclic amines) is 1. The van der Waals surface area contributed by atoms with Crippen LogP contribution in [0.2, 0.25) is 5.02 Å². The molecule has 11 heteroatoms. The molecule has 1 amide bonds. The first kappa shape index (κ1) is 25.8. The molecule has 3 heterocycles. The van der Waals surface area contributed by atoms with Gasteiger partial charge in [-0.05, 0) is 49.0 Å². The second-order valence-electron chi connectivity index (χ2n) is 10.2. The topological polar surface area (TPSA) is 85.8 Å². The number of fused-ring (bicyclic) bond motifs is 2. The molecule has 2 aliphatic heterocycles.